The summed E-state index contributed by atoms with van der Waals surface area (Å²) in [7, 11) is 0. The van der Waals surface area contributed by atoms with E-state index in [0.717, 1.165) is 6.42 Å². The van der Waals surface area contributed by atoms with E-state index < -0.39 is 0 Å². The van der Waals surface area contributed by atoms with Crippen LogP contribution < -0.4 is 4.90 Å². The van der Waals surface area contributed by atoms with Gasteiger partial charge in [0.05, 0.1) is 23.8 Å². The van der Waals surface area contributed by atoms with Gasteiger partial charge in [0.1, 0.15) is 5.76 Å². The van der Waals surface area contributed by atoms with E-state index in [4.69, 9.17) is 4.42 Å². The van der Waals surface area contributed by atoms with E-state index in [0.29, 0.717) is 17.0 Å². The number of anilines is 1. The van der Waals surface area contributed by atoms with E-state index in [-0.39, 0.29) is 41.3 Å². The average Bonchev–Trinajstić information content (AvgIpc) is 3.45. The fourth-order valence-corrected chi connectivity index (χ4v) is 4.57. The van der Waals surface area contributed by atoms with Crippen LogP contribution in [0.5, 0.6) is 0 Å². The maximum absolute atomic E-state index is 12.8. The third-order valence-corrected chi connectivity index (χ3v) is 5.82. The monoisotopic (exact) mass is 359 g/mol. The van der Waals surface area contributed by atoms with Gasteiger partial charge in [-0.05, 0) is 66.8 Å². The lowest BCUT2D eigenvalue weighted by atomic mass is 9.85. The summed E-state index contributed by atoms with van der Waals surface area (Å²) in [5, 5.41) is 0. The van der Waals surface area contributed by atoms with Crippen LogP contribution in [0.3, 0.4) is 0 Å². The molecule has 4 atom stereocenters. The van der Waals surface area contributed by atoms with Crippen molar-refractivity contribution in [1.29, 1.82) is 0 Å². The molecule has 5 rings (SSSR count). The lowest BCUT2D eigenvalue weighted by Crippen LogP contribution is -2.32. The number of benzene rings is 1. The summed E-state index contributed by atoms with van der Waals surface area (Å²) in [6, 6.07) is 10.1. The molecule has 2 fully saturated rings. The zero-order chi connectivity index (χ0) is 18.5. The topological polar surface area (TPSA) is 67.6 Å². The second-order valence-corrected chi connectivity index (χ2v) is 7.27. The number of rotatable bonds is 4. The SMILES string of the molecule is O=C(/C=C/c1ccco1)c1ccc(N2C(=O)[C@@H]3[C@H](C2=O)[C@@H]2C=C[C@H]3C2)cc1. The summed E-state index contributed by atoms with van der Waals surface area (Å²) in [6.07, 6.45) is 9.65. The molecule has 2 bridgehead atoms. The van der Waals surface area contributed by atoms with Crippen LogP contribution >= 0.6 is 0 Å². The van der Waals surface area contributed by atoms with E-state index in [2.05, 4.69) is 12.2 Å². The summed E-state index contributed by atoms with van der Waals surface area (Å²) in [5.41, 5.74) is 1.02. The predicted molar refractivity (Wildman–Crippen MR) is 98.7 cm³/mol. The third-order valence-electron chi connectivity index (χ3n) is 5.82. The van der Waals surface area contributed by atoms with Crippen molar-refractivity contribution in [2.24, 2.45) is 23.7 Å². The van der Waals surface area contributed by atoms with Gasteiger partial charge in [0, 0.05) is 5.56 Å². The largest absolute Gasteiger partial charge is 0.465 e. The van der Waals surface area contributed by atoms with Crippen LogP contribution in [0.4, 0.5) is 5.69 Å². The summed E-state index contributed by atoms with van der Waals surface area (Å²) in [4.78, 5) is 39.2. The summed E-state index contributed by atoms with van der Waals surface area (Å²) in [5.74, 6) is 0.148. The first-order valence-corrected chi connectivity index (χ1v) is 9.05. The van der Waals surface area contributed by atoms with Crippen LogP contribution in [0.1, 0.15) is 22.5 Å². The number of nitrogens with zero attached hydrogens (tertiary/aromatic N) is 1. The Hall–Kier alpha value is -3.21. The van der Waals surface area contributed by atoms with Crippen LogP contribution in [0.15, 0.2) is 65.3 Å². The van der Waals surface area contributed by atoms with Gasteiger partial charge < -0.3 is 4.42 Å². The molecule has 134 valence electrons. The smallest absolute Gasteiger partial charge is 0.238 e. The van der Waals surface area contributed by atoms with E-state index in [1.807, 2.05) is 0 Å². The fourth-order valence-electron chi connectivity index (χ4n) is 4.57. The quantitative estimate of drug-likeness (QED) is 0.363. The molecule has 0 unspecified atom stereocenters. The van der Waals surface area contributed by atoms with Crippen molar-refractivity contribution in [3.05, 3.63) is 72.2 Å². The molecule has 0 spiro atoms. The van der Waals surface area contributed by atoms with Crippen molar-refractivity contribution in [1.82, 2.24) is 0 Å². The molecule has 1 aliphatic heterocycles. The van der Waals surface area contributed by atoms with E-state index in [1.54, 1.807) is 48.7 Å². The number of ketones is 1. The molecular weight excluding hydrogens is 342 g/mol. The highest BCUT2D eigenvalue weighted by Crippen LogP contribution is 2.53. The Labute approximate surface area is 156 Å². The standard InChI is InChI=1S/C22H17NO4/c24-18(10-9-17-2-1-11-27-17)13-5-7-16(8-6-13)23-21(25)19-14-3-4-15(12-14)20(19)22(23)26/h1-11,14-15,19-20H,12H2/b10-9+/t14-,15+,19-,20+. The molecule has 1 aromatic heterocycles. The van der Waals surface area contributed by atoms with Crippen molar-refractivity contribution in [3.63, 3.8) is 0 Å². The Morgan fingerprint density at radius 1 is 1.00 bits per heavy atom. The Morgan fingerprint density at radius 2 is 1.67 bits per heavy atom. The second-order valence-electron chi connectivity index (χ2n) is 7.27. The van der Waals surface area contributed by atoms with Crippen LogP contribution in [0.25, 0.3) is 6.08 Å². The molecule has 3 aliphatic rings. The van der Waals surface area contributed by atoms with E-state index in [9.17, 15) is 14.4 Å². The summed E-state index contributed by atoms with van der Waals surface area (Å²) < 4.78 is 5.16. The fraction of sp³-hybridized carbons (Fsp3) is 0.227. The minimum atomic E-state index is -0.218. The lowest BCUT2D eigenvalue weighted by Gasteiger charge is -2.17. The Bertz CT molecular complexity index is 954. The van der Waals surface area contributed by atoms with Gasteiger partial charge in [0.15, 0.2) is 5.78 Å². The minimum Gasteiger partial charge on any atom is -0.465 e. The number of amides is 2. The number of imide groups is 1. The normalized spacial score (nSPS) is 28.5. The highest BCUT2D eigenvalue weighted by Gasteiger charge is 2.59. The highest BCUT2D eigenvalue weighted by atomic mass is 16.3. The highest BCUT2D eigenvalue weighted by molar-refractivity contribution is 6.23. The second kappa shape index (κ2) is 5.91. The molecule has 2 aliphatic carbocycles. The Balaban J connectivity index is 1.36. The Kier molecular flexibility index (Phi) is 3.50. The van der Waals surface area contributed by atoms with Gasteiger partial charge in [0.25, 0.3) is 0 Å². The van der Waals surface area contributed by atoms with Gasteiger partial charge in [-0.15, -0.1) is 0 Å². The van der Waals surface area contributed by atoms with Crippen LogP contribution in [0, 0.1) is 23.7 Å². The molecule has 27 heavy (non-hydrogen) atoms. The van der Waals surface area contributed by atoms with Crippen LogP contribution in [-0.4, -0.2) is 17.6 Å². The van der Waals surface area contributed by atoms with Crippen molar-refractivity contribution < 1.29 is 18.8 Å². The molecule has 1 aromatic carbocycles. The van der Waals surface area contributed by atoms with Crippen LogP contribution in [0.2, 0.25) is 0 Å². The molecule has 0 radical (unpaired) electrons. The van der Waals surface area contributed by atoms with Gasteiger partial charge in [0.2, 0.25) is 11.8 Å². The Morgan fingerprint density at radius 3 is 2.26 bits per heavy atom. The zero-order valence-corrected chi connectivity index (χ0v) is 14.4. The average molecular weight is 359 g/mol. The van der Waals surface area contributed by atoms with Gasteiger partial charge in [-0.2, -0.15) is 0 Å². The molecular formula is C22H17NO4. The molecule has 2 aromatic rings. The minimum absolute atomic E-state index is 0.112. The maximum atomic E-state index is 12.8. The number of carbonyl (C=O) groups is 3. The first-order valence-electron chi connectivity index (χ1n) is 9.05. The number of furan rings is 1. The molecule has 1 saturated carbocycles. The predicted octanol–water partition coefficient (Wildman–Crippen LogP) is 3.49. The zero-order valence-electron chi connectivity index (χ0n) is 14.4. The molecule has 1 saturated heterocycles. The third kappa shape index (κ3) is 2.42. The van der Waals surface area contributed by atoms with Crippen molar-refractivity contribution in [2.75, 3.05) is 4.90 Å². The molecule has 5 heteroatoms. The summed E-state index contributed by atoms with van der Waals surface area (Å²) in [6.45, 7) is 0. The number of carbonyl (C=O) groups excluding carboxylic acids is 3. The maximum Gasteiger partial charge on any atom is 0.238 e. The van der Waals surface area contributed by atoms with E-state index >= 15 is 0 Å². The first-order chi connectivity index (χ1) is 13.1. The number of hydrogen-bond donors (Lipinski definition) is 0. The lowest BCUT2D eigenvalue weighted by molar-refractivity contribution is -0.123. The van der Waals surface area contributed by atoms with Gasteiger partial charge >= 0.3 is 0 Å². The van der Waals surface area contributed by atoms with Gasteiger partial charge in [-0.3, -0.25) is 19.3 Å². The van der Waals surface area contributed by atoms with E-state index in [1.165, 1.54) is 11.0 Å². The van der Waals surface area contributed by atoms with Gasteiger partial charge in [-0.25, -0.2) is 0 Å². The van der Waals surface area contributed by atoms with Crippen LogP contribution in [-0.2, 0) is 9.59 Å². The molecule has 2 heterocycles. The first kappa shape index (κ1) is 16.0. The van der Waals surface area contributed by atoms with Crippen molar-refractivity contribution in [2.45, 2.75) is 6.42 Å². The molecule has 0 N–H and O–H groups in total. The summed E-state index contributed by atoms with van der Waals surface area (Å²) >= 11 is 0. The number of allylic oxidation sites excluding steroid dienone is 3. The van der Waals surface area contributed by atoms with Crippen molar-refractivity contribution in [3.8, 4) is 0 Å². The number of fused-ring (bicyclic) bond motifs is 5. The molecule has 2 amide bonds. The number of hydrogen-bond acceptors (Lipinski definition) is 4. The van der Waals surface area contributed by atoms with Crippen molar-refractivity contribution >= 4 is 29.4 Å². The molecule has 5 nitrogen and oxygen atoms in total. The van der Waals surface area contributed by atoms with Gasteiger partial charge in [-0.1, -0.05) is 12.2 Å².